The number of halogens is 8. The number of rotatable bonds is 4. The molecule has 0 radical (unpaired) electrons. The van der Waals surface area contributed by atoms with E-state index in [9.17, 15) is 39.9 Å². The van der Waals surface area contributed by atoms with Crippen LogP contribution >= 0.6 is 0 Å². The molecule has 0 fully saturated rings. The van der Waals surface area contributed by atoms with E-state index in [0.29, 0.717) is 0 Å². The highest BCUT2D eigenvalue weighted by Gasteiger charge is 2.64. The fourth-order valence-electron chi connectivity index (χ4n) is 1.01. The lowest BCUT2D eigenvalue weighted by molar-refractivity contribution is -0.309. The predicted octanol–water partition coefficient (Wildman–Crippen LogP) is 2.99. The molecule has 0 aromatic carbocycles. The molecule has 0 aromatic heterocycles. The van der Waals surface area contributed by atoms with Crippen LogP contribution in [0.3, 0.4) is 0 Å². The van der Waals surface area contributed by atoms with Crippen molar-refractivity contribution in [1.82, 2.24) is 0 Å². The summed E-state index contributed by atoms with van der Waals surface area (Å²) in [6, 6.07) is 0. The zero-order chi connectivity index (χ0) is 17.4. The van der Waals surface area contributed by atoms with Crippen molar-refractivity contribution >= 4 is 5.97 Å². The quantitative estimate of drug-likeness (QED) is 0.490. The van der Waals surface area contributed by atoms with Crippen LogP contribution in [-0.2, 0) is 9.53 Å². The number of carbonyl (C=O) groups excluding carboxylic acids is 1. The first kappa shape index (κ1) is 19.6. The summed E-state index contributed by atoms with van der Waals surface area (Å²) in [5.41, 5.74) is -5.54. The van der Waals surface area contributed by atoms with Gasteiger partial charge < -0.3 is 9.84 Å². The van der Waals surface area contributed by atoms with Gasteiger partial charge in [-0.15, -0.1) is 0 Å². The average molecular weight is 330 g/mol. The number of alkyl halides is 8. The molecule has 0 bridgehead atoms. The minimum absolute atomic E-state index is 0.226. The van der Waals surface area contributed by atoms with Gasteiger partial charge in [-0.05, 0) is 13.8 Å². The smallest absolute Gasteiger partial charge is 0.422 e. The van der Waals surface area contributed by atoms with Crippen LogP contribution in [0.1, 0.15) is 13.8 Å². The highest BCUT2D eigenvalue weighted by Crippen LogP contribution is 2.42. The van der Waals surface area contributed by atoms with Gasteiger partial charge in [0.25, 0.3) is 0 Å². The van der Waals surface area contributed by atoms with Crippen LogP contribution in [0, 0.1) is 0 Å². The Morgan fingerprint density at radius 1 is 1.05 bits per heavy atom. The summed E-state index contributed by atoms with van der Waals surface area (Å²) in [7, 11) is 0. The van der Waals surface area contributed by atoms with Crippen LogP contribution in [0.15, 0.2) is 12.2 Å². The molecule has 11 heteroatoms. The number of hydrogen-bond donors (Lipinski definition) is 1. The fourth-order valence-corrected chi connectivity index (χ4v) is 1.01. The molecule has 0 spiro atoms. The van der Waals surface area contributed by atoms with Gasteiger partial charge in [-0.25, -0.2) is 4.79 Å². The summed E-state index contributed by atoms with van der Waals surface area (Å²) >= 11 is 0. The molecule has 0 aliphatic carbocycles. The van der Waals surface area contributed by atoms with Gasteiger partial charge in [0.05, 0.1) is 0 Å². The van der Waals surface area contributed by atoms with Crippen molar-refractivity contribution in [2.75, 3.05) is 0 Å². The Morgan fingerprint density at radius 2 is 1.43 bits per heavy atom. The summed E-state index contributed by atoms with van der Waals surface area (Å²) in [5.74, 6) is -7.46. The van der Waals surface area contributed by atoms with Gasteiger partial charge in [0, 0.05) is 0 Å². The number of hydrogen-bond acceptors (Lipinski definition) is 3. The Labute approximate surface area is 113 Å². The molecule has 21 heavy (non-hydrogen) atoms. The summed E-state index contributed by atoms with van der Waals surface area (Å²) in [6.07, 6.45) is -15.3. The maximum Gasteiger partial charge on any atom is 0.422 e. The van der Waals surface area contributed by atoms with E-state index in [1.165, 1.54) is 0 Å². The standard InChI is InChI=1S/C10H10F8O3/c1-4(9(13,14)15)5(19)21-7(2,3)8(11,12)6(20)10(16,17)18/h6,20H,1H2,2-3H3. The second kappa shape index (κ2) is 5.43. The van der Waals surface area contributed by atoms with E-state index in [4.69, 9.17) is 5.11 Å². The molecular formula is C10H10F8O3. The summed E-state index contributed by atoms with van der Waals surface area (Å²) in [4.78, 5) is 11.0. The van der Waals surface area contributed by atoms with E-state index in [0.717, 1.165) is 0 Å². The number of ether oxygens (including phenoxy) is 1. The number of aliphatic hydroxyl groups excluding tert-OH is 1. The SMILES string of the molecule is C=C(C(=O)OC(C)(C)C(F)(F)C(O)C(F)(F)F)C(F)(F)F. The normalized spacial score (nSPS) is 15.6. The molecule has 0 aromatic rings. The van der Waals surface area contributed by atoms with E-state index in [1.54, 1.807) is 0 Å². The van der Waals surface area contributed by atoms with Crippen molar-refractivity contribution in [2.45, 2.75) is 43.8 Å². The topological polar surface area (TPSA) is 46.5 Å². The van der Waals surface area contributed by atoms with Crippen LogP contribution in [0.5, 0.6) is 0 Å². The van der Waals surface area contributed by atoms with Crippen LogP contribution in [0.25, 0.3) is 0 Å². The van der Waals surface area contributed by atoms with Gasteiger partial charge in [-0.3, -0.25) is 0 Å². The maximum absolute atomic E-state index is 13.5. The molecule has 0 saturated heterocycles. The minimum atomic E-state index is -5.77. The highest BCUT2D eigenvalue weighted by molar-refractivity contribution is 5.89. The first-order valence-electron chi connectivity index (χ1n) is 5.06. The molecule has 1 unspecified atom stereocenters. The van der Waals surface area contributed by atoms with Gasteiger partial charge in [0.15, 0.2) is 5.60 Å². The van der Waals surface area contributed by atoms with E-state index >= 15 is 0 Å². The van der Waals surface area contributed by atoms with Crippen LogP contribution in [0.2, 0.25) is 0 Å². The van der Waals surface area contributed by atoms with Crippen molar-refractivity contribution in [3.05, 3.63) is 12.2 Å². The van der Waals surface area contributed by atoms with Gasteiger partial charge in [0.2, 0.25) is 6.10 Å². The Balaban J connectivity index is 5.32. The molecule has 1 N–H and O–H groups in total. The average Bonchev–Trinajstić information content (AvgIpc) is 2.23. The third-order valence-corrected chi connectivity index (χ3v) is 2.39. The highest BCUT2D eigenvalue weighted by atomic mass is 19.4. The monoisotopic (exact) mass is 330 g/mol. The van der Waals surface area contributed by atoms with Crippen LogP contribution in [-0.4, -0.2) is 41.1 Å². The zero-order valence-electron chi connectivity index (χ0n) is 10.6. The predicted molar refractivity (Wildman–Crippen MR) is 52.4 cm³/mol. The molecule has 124 valence electrons. The van der Waals surface area contributed by atoms with E-state index in [2.05, 4.69) is 11.3 Å². The Kier molecular flexibility index (Phi) is 5.07. The first-order chi connectivity index (χ1) is 8.94. The Bertz CT molecular complexity index is 421. The first-order valence-corrected chi connectivity index (χ1v) is 5.06. The minimum Gasteiger partial charge on any atom is -0.450 e. The van der Waals surface area contributed by atoms with Crippen molar-refractivity contribution in [3.63, 3.8) is 0 Å². The summed E-state index contributed by atoms with van der Waals surface area (Å²) in [6.45, 7) is 2.71. The second-order valence-corrected chi connectivity index (χ2v) is 4.44. The third kappa shape index (κ3) is 4.29. The van der Waals surface area contributed by atoms with Crippen molar-refractivity contribution in [1.29, 1.82) is 0 Å². The lowest BCUT2D eigenvalue weighted by atomic mass is 9.94. The van der Waals surface area contributed by atoms with Crippen molar-refractivity contribution < 1.29 is 49.8 Å². The number of carbonyl (C=O) groups is 1. The van der Waals surface area contributed by atoms with E-state index in [1.807, 2.05) is 0 Å². The molecule has 0 aliphatic heterocycles. The van der Waals surface area contributed by atoms with Gasteiger partial charge in [0.1, 0.15) is 5.57 Å². The van der Waals surface area contributed by atoms with Crippen LogP contribution in [0.4, 0.5) is 35.1 Å². The van der Waals surface area contributed by atoms with Crippen molar-refractivity contribution in [3.8, 4) is 0 Å². The van der Waals surface area contributed by atoms with Crippen molar-refractivity contribution in [2.24, 2.45) is 0 Å². The molecule has 0 amide bonds. The van der Waals surface area contributed by atoms with Crippen LogP contribution < -0.4 is 0 Å². The molecule has 0 saturated carbocycles. The van der Waals surface area contributed by atoms with E-state index in [-0.39, 0.29) is 13.8 Å². The molecule has 0 rings (SSSR count). The molecule has 3 nitrogen and oxygen atoms in total. The maximum atomic E-state index is 13.5. The molecule has 0 heterocycles. The van der Waals surface area contributed by atoms with Gasteiger partial charge >= 0.3 is 24.2 Å². The Hall–Kier alpha value is -1.39. The third-order valence-electron chi connectivity index (χ3n) is 2.39. The van der Waals surface area contributed by atoms with Gasteiger partial charge in [-0.1, -0.05) is 6.58 Å². The van der Waals surface area contributed by atoms with E-state index < -0.39 is 41.5 Å². The molecule has 1 atom stereocenters. The number of esters is 1. The molecule has 0 aliphatic rings. The Morgan fingerprint density at radius 3 is 1.71 bits per heavy atom. The molecular weight excluding hydrogens is 320 g/mol. The zero-order valence-corrected chi connectivity index (χ0v) is 10.6. The lowest BCUT2D eigenvalue weighted by Crippen LogP contribution is -2.58. The lowest BCUT2D eigenvalue weighted by Gasteiger charge is -2.37. The summed E-state index contributed by atoms with van der Waals surface area (Å²) < 4.78 is 103. The second-order valence-electron chi connectivity index (χ2n) is 4.44. The largest absolute Gasteiger partial charge is 0.450 e. The number of aliphatic hydroxyl groups is 1. The fraction of sp³-hybridized carbons (Fsp3) is 0.700. The van der Waals surface area contributed by atoms with Gasteiger partial charge in [-0.2, -0.15) is 35.1 Å². The summed E-state index contributed by atoms with van der Waals surface area (Å²) in [5, 5.41) is 8.55.